The Morgan fingerprint density at radius 1 is 0.588 bits per heavy atom. The summed E-state index contributed by atoms with van der Waals surface area (Å²) in [5.74, 6) is 0.789. The Hall–Kier alpha value is -4.74. The second-order valence-electron chi connectivity index (χ2n) is 6.87. The van der Waals surface area contributed by atoms with E-state index in [9.17, 15) is 0 Å². The number of aromatic nitrogens is 6. The second kappa shape index (κ2) is 10.3. The molecule has 0 amide bonds. The van der Waals surface area contributed by atoms with E-state index in [-0.39, 0.29) is 23.9 Å². The quantitative estimate of drug-likeness (QED) is 0.288. The zero-order chi connectivity index (χ0) is 23.9. The summed E-state index contributed by atoms with van der Waals surface area (Å²) in [6.07, 6.45) is 0. The lowest BCUT2D eigenvalue weighted by atomic mass is 10.1. The van der Waals surface area contributed by atoms with Gasteiger partial charge in [0.1, 0.15) is 0 Å². The molecule has 0 aliphatic carbocycles. The van der Waals surface area contributed by atoms with Crippen molar-refractivity contribution in [3.05, 3.63) is 48.5 Å². The van der Waals surface area contributed by atoms with Crippen molar-refractivity contribution in [1.82, 2.24) is 29.9 Å². The molecule has 12 heteroatoms. The van der Waals surface area contributed by atoms with Gasteiger partial charge in [-0.3, -0.25) is 0 Å². The summed E-state index contributed by atoms with van der Waals surface area (Å²) >= 11 is 0. The minimum absolute atomic E-state index is 0.0836. The first-order valence-corrected chi connectivity index (χ1v) is 10.6. The summed E-state index contributed by atoms with van der Waals surface area (Å²) in [7, 11) is 0. The number of ether oxygens (including phenoxy) is 2. The van der Waals surface area contributed by atoms with E-state index >= 15 is 0 Å². The third-order valence-corrected chi connectivity index (χ3v) is 4.43. The molecule has 2 aromatic carbocycles. The molecule has 2 heterocycles. The van der Waals surface area contributed by atoms with Gasteiger partial charge in [-0.05, 0) is 49.2 Å². The van der Waals surface area contributed by atoms with Crippen LogP contribution in [0.15, 0.2) is 48.5 Å². The minimum Gasteiger partial charge on any atom is -0.464 e. The topological polar surface area (TPSA) is 172 Å². The molecule has 0 aliphatic heterocycles. The maximum Gasteiger partial charge on any atom is 0.323 e. The van der Waals surface area contributed by atoms with Crippen LogP contribution in [0.2, 0.25) is 0 Å². The molecular formula is C22H24N10O2. The van der Waals surface area contributed by atoms with Crippen LogP contribution in [0, 0.1) is 0 Å². The average Bonchev–Trinajstić information content (AvgIpc) is 2.80. The fraction of sp³-hybridized carbons (Fsp3) is 0.182. The summed E-state index contributed by atoms with van der Waals surface area (Å²) < 4.78 is 10.6. The van der Waals surface area contributed by atoms with Gasteiger partial charge >= 0.3 is 12.0 Å². The number of nitrogens with two attached hydrogens (primary N) is 2. The molecule has 0 atom stereocenters. The van der Waals surface area contributed by atoms with E-state index in [2.05, 4.69) is 40.5 Å². The van der Waals surface area contributed by atoms with Gasteiger partial charge < -0.3 is 31.6 Å². The molecule has 4 aromatic rings. The first kappa shape index (κ1) is 22.5. The van der Waals surface area contributed by atoms with Crippen LogP contribution < -0.4 is 31.6 Å². The van der Waals surface area contributed by atoms with Gasteiger partial charge in [-0.15, -0.1) is 0 Å². The Labute approximate surface area is 195 Å². The molecule has 0 aliphatic rings. The summed E-state index contributed by atoms with van der Waals surface area (Å²) in [5.41, 5.74) is 15.1. The van der Waals surface area contributed by atoms with E-state index in [1.807, 2.05) is 62.4 Å². The third kappa shape index (κ3) is 5.73. The average molecular weight is 461 g/mol. The molecule has 0 saturated heterocycles. The number of hydrogen-bond acceptors (Lipinski definition) is 12. The molecule has 0 fully saturated rings. The first-order valence-electron chi connectivity index (χ1n) is 10.6. The van der Waals surface area contributed by atoms with E-state index in [1.165, 1.54) is 0 Å². The van der Waals surface area contributed by atoms with Crippen LogP contribution in [-0.4, -0.2) is 43.1 Å². The standard InChI is InChI=1S/C22H24N10O2/c1-3-33-21-29-17(23)27-19(31-21)25-15-9-5-13(6-10-15)14-7-11-16(12-8-14)26-20-28-18(24)30-22(32-20)34-4-2/h5-12H,3-4H2,1-2H3,(H3,23,25,27,29,31)(H3,24,26,28,30,32). The number of rotatable bonds is 9. The molecule has 174 valence electrons. The fourth-order valence-electron chi connectivity index (χ4n) is 2.99. The molecule has 0 bridgehead atoms. The molecule has 0 radical (unpaired) electrons. The van der Waals surface area contributed by atoms with Gasteiger partial charge in [-0.25, -0.2) is 0 Å². The highest BCUT2D eigenvalue weighted by Crippen LogP contribution is 2.25. The van der Waals surface area contributed by atoms with Crippen molar-refractivity contribution in [2.75, 3.05) is 35.3 Å². The van der Waals surface area contributed by atoms with Crippen molar-refractivity contribution in [3.63, 3.8) is 0 Å². The molecule has 34 heavy (non-hydrogen) atoms. The van der Waals surface area contributed by atoms with Gasteiger partial charge in [-0.2, -0.15) is 29.9 Å². The number of hydrogen-bond donors (Lipinski definition) is 4. The largest absolute Gasteiger partial charge is 0.464 e. The van der Waals surface area contributed by atoms with Gasteiger partial charge in [0.15, 0.2) is 0 Å². The summed E-state index contributed by atoms with van der Waals surface area (Å²) in [4.78, 5) is 24.4. The molecule has 0 saturated carbocycles. The normalized spacial score (nSPS) is 10.5. The van der Waals surface area contributed by atoms with E-state index in [1.54, 1.807) is 0 Å². The van der Waals surface area contributed by atoms with Gasteiger partial charge in [0, 0.05) is 11.4 Å². The van der Waals surface area contributed by atoms with Crippen LogP contribution in [0.5, 0.6) is 12.0 Å². The van der Waals surface area contributed by atoms with Crippen molar-refractivity contribution < 1.29 is 9.47 Å². The second-order valence-corrected chi connectivity index (χ2v) is 6.87. The molecule has 0 unspecified atom stereocenters. The lowest BCUT2D eigenvalue weighted by Crippen LogP contribution is -2.06. The van der Waals surface area contributed by atoms with Crippen LogP contribution in [-0.2, 0) is 0 Å². The van der Waals surface area contributed by atoms with Gasteiger partial charge in [-0.1, -0.05) is 24.3 Å². The molecule has 0 spiro atoms. The van der Waals surface area contributed by atoms with E-state index in [0.29, 0.717) is 25.1 Å². The Bertz CT molecular complexity index is 1150. The smallest absolute Gasteiger partial charge is 0.323 e. The predicted octanol–water partition coefficient (Wildman–Crippen LogP) is 3.17. The van der Waals surface area contributed by atoms with E-state index in [4.69, 9.17) is 20.9 Å². The van der Waals surface area contributed by atoms with Gasteiger partial charge in [0.2, 0.25) is 23.8 Å². The zero-order valence-corrected chi connectivity index (χ0v) is 18.7. The van der Waals surface area contributed by atoms with Gasteiger partial charge in [0.05, 0.1) is 13.2 Å². The maximum absolute atomic E-state index is 5.72. The Balaban J connectivity index is 1.43. The Morgan fingerprint density at radius 3 is 1.32 bits per heavy atom. The molecule has 4 rings (SSSR count). The highest BCUT2D eigenvalue weighted by atomic mass is 16.5. The number of nitrogens with one attached hydrogen (secondary N) is 2. The van der Waals surface area contributed by atoms with E-state index in [0.717, 1.165) is 22.5 Å². The lowest BCUT2D eigenvalue weighted by molar-refractivity contribution is 0.312. The van der Waals surface area contributed by atoms with E-state index < -0.39 is 0 Å². The highest BCUT2D eigenvalue weighted by molar-refractivity contribution is 5.70. The number of nitrogen functional groups attached to an aromatic ring is 2. The summed E-state index contributed by atoms with van der Waals surface area (Å²) in [5, 5.41) is 6.21. The summed E-state index contributed by atoms with van der Waals surface area (Å²) in [6, 6.07) is 16.0. The van der Waals surface area contributed by atoms with Crippen LogP contribution in [0.25, 0.3) is 11.1 Å². The highest BCUT2D eigenvalue weighted by Gasteiger charge is 2.08. The Kier molecular flexibility index (Phi) is 6.77. The SMILES string of the molecule is CCOc1nc(N)nc(Nc2ccc(-c3ccc(Nc4nc(N)nc(OCC)n4)cc3)cc2)n1. The van der Waals surface area contributed by atoms with Crippen LogP contribution >= 0.6 is 0 Å². The van der Waals surface area contributed by atoms with Crippen molar-refractivity contribution >= 4 is 35.2 Å². The van der Waals surface area contributed by atoms with Crippen molar-refractivity contribution in [2.45, 2.75) is 13.8 Å². The zero-order valence-electron chi connectivity index (χ0n) is 18.7. The van der Waals surface area contributed by atoms with Crippen molar-refractivity contribution in [1.29, 1.82) is 0 Å². The summed E-state index contributed by atoms with van der Waals surface area (Å²) in [6.45, 7) is 4.55. The molecule has 12 nitrogen and oxygen atoms in total. The number of benzene rings is 2. The van der Waals surface area contributed by atoms with Crippen LogP contribution in [0.1, 0.15) is 13.8 Å². The van der Waals surface area contributed by atoms with Gasteiger partial charge in [0.25, 0.3) is 0 Å². The van der Waals surface area contributed by atoms with Crippen LogP contribution in [0.3, 0.4) is 0 Å². The minimum atomic E-state index is 0.0836. The first-order chi connectivity index (χ1) is 16.5. The Morgan fingerprint density at radius 2 is 0.971 bits per heavy atom. The third-order valence-electron chi connectivity index (χ3n) is 4.43. The maximum atomic E-state index is 5.72. The number of nitrogens with zero attached hydrogens (tertiary/aromatic N) is 6. The molecule has 2 aromatic heterocycles. The predicted molar refractivity (Wildman–Crippen MR) is 129 cm³/mol. The van der Waals surface area contributed by atoms with Crippen LogP contribution in [0.4, 0.5) is 35.2 Å². The lowest BCUT2D eigenvalue weighted by Gasteiger charge is -2.10. The van der Waals surface area contributed by atoms with Crippen molar-refractivity contribution in [3.8, 4) is 23.1 Å². The number of anilines is 6. The monoisotopic (exact) mass is 460 g/mol. The molecule has 6 N–H and O–H groups in total. The van der Waals surface area contributed by atoms with Crippen molar-refractivity contribution in [2.24, 2.45) is 0 Å². The fourth-order valence-corrected chi connectivity index (χ4v) is 2.99. The molecular weight excluding hydrogens is 436 g/mol.